The molecule has 0 saturated carbocycles. The lowest BCUT2D eigenvalue weighted by Crippen LogP contribution is -2.44. The minimum atomic E-state index is 0.357. The summed E-state index contributed by atoms with van der Waals surface area (Å²) in [5.41, 5.74) is 0. The van der Waals surface area contributed by atoms with Crippen molar-refractivity contribution >= 4 is 0 Å². The fourth-order valence-corrected chi connectivity index (χ4v) is 2.43. The first-order chi connectivity index (χ1) is 7.75. The molecule has 0 aliphatic carbocycles. The van der Waals surface area contributed by atoms with Crippen molar-refractivity contribution in [2.75, 3.05) is 19.8 Å². The fourth-order valence-electron chi connectivity index (χ4n) is 2.43. The van der Waals surface area contributed by atoms with Crippen molar-refractivity contribution in [3.8, 4) is 0 Å². The minimum Gasteiger partial charge on any atom is -0.376 e. The van der Waals surface area contributed by atoms with E-state index in [0.29, 0.717) is 24.2 Å². The molecule has 2 aliphatic heterocycles. The number of piperidine rings is 1. The lowest BCUT2D eigenvalue weighted by Gasteiger charge is -2.35. The molecular formula is C13H25NO2. The molecule has 0 aromatic heterocycles. The number of rotatable bonds is 5. The average Bonchev–Trinajstić information content (AvgIpc) is 2.22. The van der Waals surface area contributed by atoms with Crippen LogP contribution in [-0.4, -0.2) is 38.0 Å². The monoisotopic (exact) mass is 227 g/mol. The van der Waals surface area contributed by atoms with E-state index in [4.69, 9.17) is 9.47 Å². The van der Waals surface area contributed by atoms with Gasteiger partial charge < -0.3 is 14.8 Å². The van der Waals surface area contributed by atoms with Crippen molar-refractivity contribution in [1.82, 2.24) is 5.32 Å². The quantitative estimate of drug-likeness (QED) is 0.779. The molecule has 0 spiro atoms. The van der Waals surface area contributed by atoms with Crippen LogP contribution >= 0.6 is 0 Å². The molecule has 0 aromatic carbocycles. The zero-order valence-corrected chi connectivity index (χ0v) is 10.6. The van der Waals surface area contributed by atoms with E-state index in [-0.39, 0.29) is 0 Å². The predicted molar refractivity (Wildman–Crippen MR) is 64.6 cm³/mol. The average molecular weight is 227 g/mol. The van der Waals surface area contributed by atoms with E-state index >= 15 is 0 Å². The lowest BCUT2D eigenvalue weighted by molar-refractivity contribution is -0.165. The molecule has 2 saturated heterocycles. The first-order valence-electron chi connectivity index (χ1n) is 6.72. The molecule has 0 radical (unpaired) electrons. The van der Waals surface area contributed by atoms with Crippen molar-refractivity contribution in [2.24, 2.45) is 5.92 Å². The van der Waals surface area contributed by atoms with Gasteiger partial charge in [0, 0.05) is 6.04 Å². The molecule has 3 nitrogen and oxygen atoms in total. The summed E-state index contributed by atoms with van der Waals surface area (Å²) < 4.78 is 11.3. The number of ether oxygens (including phenoxy) is 2. The van der Waals surface area contributed by atoms with Gasteiger partial charge in [0.1, 0.15) is 6.10 Å². The molecule has 2 rings (SSSR count). The van der Waals surface area contributed by atoms with Gasteiger partial charge in [-0.05, 0) is 31.7 Å². The molecule has 2 atom stereocenters. The summed E-state index contributed by atoms with van der Waals surface area (Å²) in [5.74, 6) is 0.601. The van der Waals surface area contributed by atoms with Gasteiger partial charge in [0.05, 0.1) is 19.3 Å². The molecule has 1 N–H and O–H groups in total. The molecular weight excluding hydrogens is 202 g/mol. The smallest absolute Gasteiger partial charge is 0.104 e. The second kappa shape index (κ2) is 5.99. The van der Waals surface area contributed by atoms with Crippen LogP contribution in [0.2, 0.25) is 0 Å². The highest BCUT2D eigenvalue weighted by molar-refractivity contribution is 4.79. The van der Waals surface area contributed by atoms with Gasteiger partial charge in [0.2, 0.25) is 0 Å². The van der Waals surface area contributed by atoms with Crippen LogP contribution in [0.25, 0.3) is 0 Å². The van der Waals surface area contributed by atoms with Crippen molar-refractivity contribution < 1.29 is 9.47 Å². The molecule has 2 fully saturated rings. The third kappa shape index (κ3) is 3.44. The lowest BCUT2D eigenvalue weighted by atomic mass is 9.94. The maximum atomic E-state index is 6.09. The van der Waals surface area contributed by atoms with Gasteiger partial charge in [-0.3, -0.25) is 0 Å². The Labute approximate surface area is 98.9 Å². The van der Waals surface area contributed by atoms with Gasteiger partial charge >= 0.3 is 0 Å². The number of nitrogens with one attached hydrogen (secondary N) is 1. The van der Waals surface area contributed by atoms with Crippen molar-refractivity contribution in [3.63, 3.8) is 0 Å². The number of hydrogen-bond acceptors (Lipinski definition) is 3. The van der Waals surface area contributed by atoms with Crippen LogP contribution in [0.4, 0.5) is 0 Å². The Morgan fingerprint density at radius 1 is 1.31 bits per heavy atom. The Kier molecular flexibility index (Phi) is 4.62. The van der Waals surface area contributed by atoms with E-state index in [9.17, 15) is 0 Å². The first-order valence-corrected chi connectivity index (χ1v) is 6.72. The Hall–Kier alpha value is -0.120. The van der Waals surface area contributed by atoms with Crippen molar-refractivity contribution in [2.45, 2.75) is 57.8 Å². The highest BCUT2D eigenvalue weighted by Crippen LogP contribution is 2.21. The van der Waals surface area contributed by atoms with E-state index in [0.717, 1.165) is 19.6 Å². The maximum Gasteiger partial charge on any atom is 0.104 e. The van der Waals surface area contributed by atoms with E-state index < -0.39 is 0 Å². The van der Waals surface area contributed by atoms with Crippen molar-refractivity contribution in [1.29, 1.82) is 0 Å². The zero-order valence-electron chi connectivity index (χ0n) is 10.6. The van der Waals surface area contributed by atoms with Gasteiger partial charge in [-0.15, -0.1) is 0 Å². The summed E-state index contributed by atoms with van der Waals surface area (Å²) in [5, 5.41) is 3.60. The summed E-state index contributed by atoms with van der Waals surface area (Å²) in [4.78, 5) is 0. The van der Waals surface area contributed by atoms with E-state index in [1.165, 1.54) is 25.8 Å². The third-order valence-electron chi connectivity index (χ3n) is 3.65. The van der Waals surface area contributed by atoms with Crippen LogP contribution in [0.15, 0.2) is 0 Å². The highest BCUT2D eigenvalue weighted by Gasteiger charge is 2.27. The topological polar surface area (TPSA) is 30.5 Å². The van der Waals surface area contributed by atoms with Crippen LogP contribution in [0, 0.1) is 5.92 Å². The third-order valence-corrected chi connectivity index (χ3v) is 3.65. The van der Waals surface area contributed by atoms with Gasteiger partial charge in [0.25, 0.3) is 0 Å². The second-order valence-corrected chi connectivity index (χ2v) is 5.46. The van der Waals surface area contributed by atoms with E-state index in [2.05, 4.69) is 19.2 Å². The standard InChI is InChI=1S/C13H25NO2/c1-10(2)13(16-12-8-15-9-12)7-11-5-3-4-6-14-11/h10-14H,3-9H2,1-2H3/t11-,13+/m1/s1. The van der Waals surface area contributed by atoms with Gasteiger partial charge in [-0.1, -0.05) is 20.3 Å². The molecule has 94 valence electrons. The molecule has 0 aromatic rings. The molecule has 0 amide bonds. The van der Waals surface area contributed by atoms with Gasteiger partial charge in [-0.25, -0.2) is 0 Å². The fraction of sp³-hybridized carbons (Fsp3) is 1.00. The van der Waals surface area contributed by atoms with Crippen LogP contribution in [0.1, 0.15) is 39.5 Å². The summed E-state index contributed by atoms with van der Waals surface area (Å²) in [6, 6.07) is 0.669. The Morgan fingerprint density at radius 3 is 2.62 bits per heavy atom. The second-order valence-electron chi connectivity index (χ2n) is 5.46. The Bertz CT molecular complexity index is 198. The molecule has 2 aliphatic rings. The van der Waals surface area contributed by atoms with Gasteiger partial charge in [-0.2, -0.15) is 0 Å². The van der Waals surface area contributed by atoms with Gasteiger partial charge in [0.15, 0.2) is 0 Å². The van der Waals surface area contributed by atoms with E-state index in [1.54, 1.807) is 0 Å². The van der Waals surface area contributed by atoms with Crippen LogP contribution in [0.3, 0.4) is 0 Å². The molecule has 16 heavy (non-hydrogen) atoms. The maximum absolute atomic E-state index is 6.09. The molecule has 2 heterocycles. The van der Waals surface area contributed by atoms with E-state index in [1.807, 2.05) is 0 Å². The first kappa shape index (κ1) is 12.3. The van der Waals surface area contributed by atoms with Crippen molar-refractivity contribution in [3.05, 3.63) is 0 Å². The van der Waals surface area contributed by atoms with Crippen LogP contribution < -0.4 is 5.32 Å². The number of hydrogen-bond donors (Lipinski definition) is 1. The predicted octanol–water partition coefficient (Wildman–Crippen LogP) is 1.96. The normalized spacial score (nSPS) is 29.1. The zero-order chi connectivity index (χ0) is 11.4. The highest BCUT2D eigenvalue weighted by atomic mass is 16.6. The SMILES string of the molecule is CC(C)[C@H](C[C@H]1CCCCN1)OC1COC1. The molecule has 3 heteroatoms. The summed E-state index contributed by atoms with van der Waals surface area (Å²) in [6.07, 6.45) is 5.93. The minimum absolute atomic E-state index is 0.357. The molecule has 0 bridgehead atoms. The Morgan fingerprint density at radius 2 is 2.12 bits per heavy atom. The largest absolute Gasteiger partial charge is 0.376 e. The summed E-state index contributed by atoms with van der Waals surface area (Å²) in [7, 11) is 0. The van der Waals surface area contributed by atoms with Crippen LogP contribution in [-0.2, 0) is 9.47 Å². The Balaban J connectivity index is 1.76. The van der Waals surface area contributed by atoms with Crippen LogP contribution in [0.5, 0.6) is 0 Å². The summed E-state index contributed by atoms with van der Waals surface area (Å²) in [6.45, 7) is 7.28. The molecule has 0 unspecified atom stereocenters. The summed E-state index contributed by atoms with van der Waals surface area (Å²) >= 11 is 0.